The third kappa shape index (κ3) is 11.6. The molecule has 0 saturated carbocycles. The van der Waals surface area contributed by atoms with Gasteiger partial charge in [0.15, 0.2) is 0 Å². The SMILES string of the molecule is C=CCCCCCCCCCP(=O)(O)[C@H](CCCCC)P(=O)(O)O. The first kappa shape index (κ1) is 24.1. The molecule has 0 heterocycles. The monoisotopic (exact) mass is 382 g/mol. The standard InChI is InChI=1S/C17H36O5P2/c1-3-5-7-8-9-10-11-12-14-16-23(18,19)17(24(20,21)22)15-13-6-4-2/h3,17H,1,4-16H2,2H3,(H,18,19)(H2,20,21,22)/t17-/m0/s1. The van der Waals surface area contributed by atoms with Gasteiger partial charge in [0.05, 0.1) is 0 Å². The zero-order valence-electron chi connectivity index (χ0n) is 15.1. The van der Waals surface area contributed by atoms with Crippen LogP contribution in [0.3, 0.4) is 0 Å². The number of unbranched alkanes of at least 4 members (excludes halogenated alkanes) is 9. The van der Waals surface area contributed by atoms with Gasteiger partial charge in [0, 0.05) is 6.16 Å². The van der Waals surface area contributed by atoms with E-state index < -0.39 is 20.4 Å². The number of rotatable bonds is 16. The summed E-state index contributed by atoms with van der Waals surface area (Å²) in [4.78, 5) is 29.0. The number of hydrogen-bond donors (Lipinski definition) is 3. The van der Waals surface area contributed by atoms with Gasteiger partial charge in [-0.05, 0) is 25.7 Å². The zero-order chi connectivity index (χ0) is 18.5. The molecule has 7 heteroatoms. The van der Waals surface area contributed by atoms with Crippen LogP contribution in [-0.4, -0.2) is 26.2 Å². The third-order valence-corrected chi connectivity index (χ3v) is 9.47. The van der Waals surface area contributed by atoms with E-state index in [1.807, 2.05) is 13.0 Å². The van der Waals surface area contributed by atoms with Gasteiger partial charge in [-0.1, -0.05) is 64.4 Å². The van der Waals surface area contributed by atoms with Crippen LogP contribution in [0.2, 0.25) is 0 Å². The van der Waals surface area contributed by atoms with Crippen molar-refractivity contribution in [3.63, 3.8) is 0 Å². The summed E-state index contributed by atoms with van der Waals surface area (Å²) >= 11 is 0. The molecule has 0 fully saturated rings. The van der Waals surface area contributed by atoms with E-state index in [2.05, 4.69) is 6.58 Å². The summed E-state index contributed by atoms with van der Waals surface area (Å²) in [6, 6.07) is 0. The van der Waals surface area contributed by atoms with E-state index >= 15 is 0 Å². The maximum Gasteiger partial charge on any atom is 0.338 e. The van der Waals surface area contributed by atoms with Crippen molar-refractivity contribution in [3.05, 3.63) is 12.7 Å². The lowest BCUT2D eigenvalue weighted by Crippen LogP contribution is -2.12. The van der Waals surface area contributed by atoms with Gasteiger partial charge in [0.2, 0.25) is 7.37 Å². The molecule has 0 aliphatic heterocycles. The lowest BCUT2D eigenvalue weighted by atomic mass is 10.1. The van der Waals surface area contributed by atoms with E-state index in [0.29, 0.717) is 12.8 Å². The van der Waals surface area contributed by atoms with E-state index in [-0.39, 0.29) is 12.6 Å². The van der Waals surface area contributed by atoms with Crippen LogP contribution in [-0.2, 0) is 9.13 Å². The Morgan fingerprint density at radius 3 is 1.92 bits per heavy atom. The number of allylic oxidation sites excluding steroid dienone is 1. The minimum Gasteiger partial charge on any atom is -0.344 e. The highest BCUT2D eigenvalue weighted by Crippen LogP contribution is 2.64. The van der Waals surface area contributed by atoms with Crippen molar-refractivity contribution in [3.8, 4) is 0 Å². The molecule has 0 aliphatic carbocycles. The number of hydrogen-bond acceptors (Lipinski definition) is 2. The fourth-order valence-corrected chi connectivity index (χ4v) is 7.15. The molecular weight excluding hydrogens is 346 g/mol. The minimum atomic E-state index is -4.54. The molecule has 0 aromatic carbocycles. The fraction of sp³-hybridized carbons (Fsp3) is 0.882. The molecule has 24 heavy (non-hydrogen) atoms. The van der Waals surface area contributed by atoms with Gasteiger partial charge in [-0.2, -0.15) is 0 Å². The van der Waals surface area contributed by atoms with Gasteiger partial charge in [0.1, 0.15) is 5.40 Å². The van der Waals surface area contributed by atoms with E-state index in [9.17, 15) is 23.8 Å². The van der Waals surface area contributed by atoms with Crippen LogP contribution < -0.4 is 0 Å². The maximum absolute atomic E-state index is 12.4. The lowest BCUT2D eigenvalue weighted by Gasteiger charge is -2.24. The first-order valence-corrected chi connectivity index (χ1v) is 12.8. The normalized spacial score (nSPS) is 15.8. The van der Waals surface area contributed by atoms with Crippen LogP contribution >= 0.6 is 15.0 Å². The first-order valence-electron chi connectivity index (χ1n) is 9.23. The summed E-state index contributed by atoms with van der Waals surface area (Å²) in [7, 11) is -8.34. The van der Waals surface area contributed by atoms with Crippen molar-refractivity contribution in [2.45, 2.75) is 89.4 Å². The molecule has 0 amide bonds. The van der Waals surface area contributed by atoms with Crippen molar-refractivity contribution in [2.75, 3.05) is 6.16 Å². The Bertz CT molecular complexity index is 419. The Morgan fingerprint density at radius 2 is 1.42 bits per heavy atom. The summed E-state index contributed by atoms with van der Waals surface area (Å²) < 4.78 is 24.0. The fourth-order valence-electron chi connectivity index (χ4n) is 2.84. The van der Waals surface area contributed by atoms with Crippen LogP contribution in [0.4, 0.5) is 0 Å². The molecule has 0 rings (SSSR count). The smallest absolute Gasteiger partial charge is 0.338 e. The van der Waals surface area contributed by atoms with Gasteiger partial charge in [-0.25, -0.2) is 0 Å². The molecule has 2 atom stereocenters. The Morgan fingerprint density at radius 1 is 0.875 bits per heavy atom. The second kappa shape index (κ2) is 13.3. The van der Waals surface area contributed by atoms with Gasteiger partial charge in [0.25, 0.3) is 0 Å². The van der Waals surface area contributed by atoms with Gasteiger partial charge in [-0.3, -0.25) is 9.13 Å². The second-order valence-corrected chi connectivity index (χ2v) is 11.4. The molecule has 5 nitrogen and oxygen atoms in total. The average Bonchev–Trinajstić information content (AvgIpc) is 2.48. The first-order chi connectivity index (χ1) is 11.3. The molecule has 0 radical (unpaired) electrons. The summed E-state index contributed by atoms with van der Waals surface area (Å²) in [5, 5.41) is -1.38. The van der Waals surface area contributed by atoms with Crippen LogP contribution in [0.15, 0.2) is 12.7 Å². The van der Waals surface area contributed by atoms with E-state index in [1.165, 1.54) is 6.42 Å². The van der Waals surface area contributed by atoms with Gasteiger partial charge in [-0.15, -0.1) is 6.58 Å². The quantitative estimate of drug-likeness (QED) is 0.182. The molecule has 1 unspecified atom stereocenters. The molecule has 0 spiro atoms. The van der Waals surface area contributed by atoms with E-state index in [4.69, 9.17) is 0 Å². The molecule has 3 N–H and O–H groups in total. The van der Waals surface area contributed by atoms with Gasteiger partial charge < -0.3 is 14.7 Å². The predicted octanol–water partition coefficient (Wildman–Crippen LogP) is 5.65. The molecule has 144 valence electrons. The molecule has 0 aliphatic rings. The maximum atomic E-state index is 12.4. The zero-order valence-corrected chi connectivity index (χ0v) is 16.9. The Balaban J connectivity index is 4.12. The average molecular weight is 382 g/mol. The van der Waals surface area contributed by atoms with E-state index in [0.717, 1.165) is 51.4 Å². The molecule has 0 bridgehead atoms. The summed E-state index contributed by atoms with van der Waals surface area (Å²) in [6.45, 7) is 5.68. The minimum absolute atomic E-state index is 0.0192. The third-order valence-electron chi connectivity index (χ3n) is 4.31. The molecular formula is C17H36O5P2. The van der Waals surface area contributed by atoms with Crippen LogP contribution in [0.25, 0.3) is 0 Å². The Kier molecular flexibility index (Phi) is 13.4. The highest BCUT2D eigenvalue weighted by Gasteiger charge is 2.42. The molecule has 0 saturated heterocycles. The van der Waals surface area contributed by atoms with Crippen LogP contribution in [0.5, 0.6) is 0 Å². The molecule has 0 aromatic rings. The summed E-state index contributed by atoms with van der Waals surface area (Å²) in [6.07, 6.45) is 12.5. The topological polar surface area (TPSA) is 94.8 Å². The second-order valence-electron chi connectivity index (χ2n) is 6.60. The highest BCUT2D eigenvalue weighted by molar-refractivity contribution is 7.73. The van der Waals surface area contributed by atoms with Gasteiger partial charge >= 0.3 is 7.60 Å². The van der Waals surface area contributed by atoms with Crippen molar-refractivity contribution >= 4 is 15.0 Å². The van der Waals surface area contributed by atoms with Crippen LogP contribution in [0.1, 0.15) is 84.0 Å². The Labute approximate surface area is 147 Å². The Hall–Kier alpha value is 0.0800. The summed E-state index contributed by atoms with van der Waals surface area (Å²) in [5.74, 6) is 0. The highest BCUT2D eigenvalue weighted by atomic mass is 31.2. The van der Waals surface area contributed by atoms with Crippen molar-refractivity contribution in [1.82, 2.24) is 0 Å². The van der Waals surface area contributed by atoms with Crippen molar-refractivity contribution in [2.24, 2.45) is 0 Å². The van der Waals surface area contributed by atoms with E-state index in [1.54, 1.807) is 0 Å². The van der Waals surface area contributed by atoms with Crippen LogP contribution in [0, 0.1) is 0 Å². The predicted molar refractivity (Wildman–Crippen MR) is 102 cm³/mol. The lowest BCUT2D eigenvalue weighted by molar-refractivity contribution is 0.358. The van der Waals surface area contributed by atoms with Crippen molar-refractivity contribution < 1.29 is 23.8 Å². The molecule has 0 aromatic heterocycles. The largest absolute Gasteiger partial charge is 0.344 e. The van der Waals surface area contributed by atoms with Crippen molar-refractivity contribution in [1.29, 1.82) is 0 Å². The summed E-state index contributed by atoms with van der Waals surface area (Å²) in [5.41, 5.74) is 0.